The number of H-pyrrole nitrogens is 1. The van der Waals surface area contributed by atoms with E-state index in [9.17, 15) is 4.39 Å². The van der Waals surface area contributed by atoms with Gasteiger partial charge in [-0.2, -0.15) is 0 Å². The van der Waals surface area contributed by atoms with Crippen LogP contribution in [0.3, 0.4) is 0 Å². The van der Waals surface area contributed by atoms with Crippen molar-refractivity contribution in [2.75, 3.05) is 13.7 Å². The molecule has 3 heterocycles. The summed E-state index contributed by atoms with van der Waals surface area (Å²) in [5.41, 5.74) is 7.18. The van der Waals surface area contributed by atoms with Gasteiger partial charge in [-0.15, -0.1) is 0 Å². The van der Waals surface area contributed by atoms with Gasteiger partial charge in [-0.1, -0.05) is 42.2 Å². The average molecular weight is 867 g/mol. The molecule has 1 atom stereocenters. The molecule has 2 aliphatic rings. The number of nitrogens with one attached hydrogen (secondary N) is 1. The molecule has 4 aromatic rings. The normalized spacial score (nSPS) is 10.3. The van der Waals surface area contributed by atoms with Crippen molar-refractivity contribution >= 4 is 10.9 Å². The van der Waals surface area contributed by atoms with E-state index < -0.39 is 0 Å². The van der Waals surface area contributed by atoms with Gasteiger partial charge in [0.2, 0.25) is 0 Å². The Bertz CT molecular complexity index is 3630. The van der Waals surface area contributed by atoms with Crippen molar-refractivity contribution in [2.45, 2.75) is 45.9 Å². The Hall–Kier alpha value is -10.8. The van der Waals surface area contributed by atoms with Crippen LogP contribution in [0.2, 0.25) is 0 Å². The van der Waals surface area contributed by atoms with Gasteiger partial charge in [0.25, 0.3) is 0 Å². The molecule has 6 rings (SSSR count). The third-order valence-electron chi connectivity index (χ3n) is 9.03. The number of methoxy groups -OCH3 is 1. The van der Waals surface area contributed by atoms with Crippen LogP contribution in [0.15, 0.2) is 60.7 Å². The molecule has 5 heteroatoms. The van der Waals surface area contributed by atoms with E-state index in [0.717, 1.165) is 53.9 Å². The van der Waals surface area contributed by atoms with Crippen molar-refractivity contribution in [3.8, 4) is 213 Å². The summed E-state index contributed by atoms with van der Waals surface area (Å²) in [7, 11) is 1.69. The first-order valence-corrected chi connectivity index (χ1v) is 20.3. The predicted molar refractivity (Wildman–Crippen MR) is 266 cm³/mol. The molecule has 1 unspecified atom stereocenters. The van der Waals surface area contributed by atoms with Crippen LogP contribution in [0.5, 0.6) is 11.5 Å². The van der Waals surface area contributed by atoms with E-state index in [-0.39, 0.29) is 11.9 Å². The lowest BCUT2D eigenvalue weighted by Crippen LogP contribution is -2.39. The Balaban J connectivity index is 0.000000255. The second kappa shape index (κ2) is 28.7. The molecule has 3 aromatic carbocycles. The summed E-state index contributed by atoms with van der Waals surface area (Å²) in [4.78, 5) is 6.03. The fraction of sp³-hybridized carbons (Fsp3) is 0.143. The van der Waals surface area contributed by atoms with Gasteiger partial charge in [-0.3, -0.25) is 4.90 Å². The second-order valence-electron chi connectivity index (χ2n) is 13.2. The van der Waals surface area contributed by atoms with Crippen LogP contribution in [0.25, 0.3) is 10.9 Å². The first kappa shape index (κ1) is 48.2. The van der Waals surface area contributed by atoms with Crippen LogP contribution in [0.1, 0.15) is 47.8 Å². The van der Waals surface area contributed by atoms with E-state index in [1.54, 1.807) is 27.0 Å². The maximum absolute atomic E-state index is 13.9. The topological polar surface area (TPSA) is 37.5 Å². The zero-order valence-electron chi connectivity index (χ0n) is 37.0. The van der Waals surface area contributed by atoms with Crippen molar-refractivity contribution in [3.63, 3.8) is 0 Å². The number of hydrogen-bond acceptors (Lipinski definition) is 3. The minimum atomic E-state index is -0.187. The molecule has 312 valence electrons. The van der Waals surface area contributed by atoms with Crippen molar-refractivity contribution < 1.29 is 13.9 Å². The fourth-order valence-electron chi connectivity index (χ4n) is 6.30. The third-order valence-corrected chi connectivity index (χ3v) is 9.03. The molecular weight excluding hydrogens is 836 g/mol. The molecule has 0 aliphatic carbocycles. The first-order valence-electron chi connectivity index (χ1n) is 20.3. The van der Waals surface area contributed by atoms with Gasteiger partial charge >= 0.3 is 0 Å². The molecule has 1 N–H and O–H groups in total. The average Bonchev–Trinajstić information content (AvgIpc) is 3.71. The van der Waals surface area contributed by atoms with E-state index >= 15 is 0 Å². The molecule has 0 fully saturated rings. The summed E-state index contributed by atoms with van der Waals surface area (Å²) in [6, 6.07) is 19.7. The van der Waals surface area contributed by atoms with Gasteiger partial charge in [-0.25, -0.2) is 4.39 Å². The third kappa shape index (κ3) is 16.5. The van der Waals surface area contributed by atoms with Gasteiger partial charge in [0.15, 0.2) is 11.5 Å². The number of benzene rings is 3. The summed E-state index contributed by atoms with van der Waals surface area (Å²) in [6.45, 7) is 5.74. The lowest BCUT2D eigenvalue weighted by atomic mass is 9.85. The van der Waals surface area contributed by atoms with Crippen LogP contribution in [0.4, 0.5) is 4.39 Å². The highest BCUT2D eigenvalue weighted by atomic mass is 19.1. The quantitative estimate of drug-likeness (QED) is 0.234. The van der Waals surface area contributed by atoms with Gasteiger partial charge in [0.05, 0.1) is 7.11 Å². The van der Waals surface area contributed by atoms with Gasteiger partial charge < -0.3 is 14.5 Å². The summed E-state index contributed by atoms with van der Waals surface area (Å²) in [5.74, 6) is 87.0. The van der Waals surface area contributed by atoms with E-state index in [2.05, 4.69) is 235 Å². The molecule has 0 radical (unpaired) electrons. The number of nitrogens with zero attached hydrogens (tertiary/aromatic N) is 1. The predicted octanol–water partition coefficient (Wildman–Crippen LogP) is 6.63. The Morgan fingerprint density at radius 2 is 1.01 bits per heavy atom. The molecule has 0 spiro atoms. The van der Waals surface area contributed by atoms with Crippen molar-refractivity contribution in [3.05, 3.63) is 94.4 Å². The minimum absolute atomic E-state index is 0.187. The maximum Gasteiger partial charge on any atom is 0.161 e. The molecular formula is C63H31FN2O2. The lowest BCUT2D eigenvalue weighted by Gasteiger charge is -2.40. The Morgan fingerprint density at radius 1 is 0.559 bits per heavy atom. The number of halogens is 1. The van der Waals surface area contributed by atoms with Crippen LogP contribution < -0.4 is 9.47 Å². The van der Waals surface area contributed by atoms with Crippen LogP contribution >= 0.6 is 0 Å². The molecule has 68 heavy (non-hydrogen) atoms. The number of aromatic amines is 1. The highest BCUT2D eigenvalue weighted by Gasteiger charge is 2.34. The number of fused-ring (bicyclic) bond motifs is 6. The van der Waals surface area contributed by atoms with Gasteiger partial charge in [0, 0.05) is 130 Å². The SMILES string of the molecule is CC#CC#CC#CC#CC#CC#CC#CC#CC#CC#CC#CC#CC#CC#CC#CC#CC#CC.COc1cc2c(cc1OCc1ccccc1)CCN1Cc3[nH]c4ccc(F)cc4c3CC21. The molecule has 0 saturated heterocycles. The minimum Gasteiger partial charge on any atom is -0.493 e. The van der Waals surface area contributed by atoms with E-state index in [0.29, 0.717) is 6.61 Å². The van der Waals surface area contributed by atoms with E-state index in [4.69, 9.17) is 9.47 Å². The van der Waals surface area contributed by atoms with E-state index in [1.165, 1.54) is 28.5 Å². The molecule has 0 bridgehead atoms. The Morgan fingerprint density at radius 3 is 1.46 bits per heavy atom. The van der Waals surface area contributed by atoms with Crippen LogP contribution in [-0.2, 0) is 26.0 Å². The molecule has 0 saturated carbocycles. The largest absolute Gasteiger partial charge is 0.493 e. The van der Waals surface area contributed by atoms with Crippen molar-refractivity contribution in [2.24, 2.45) is 0 Å². The smallest absolute Gasteiger partial charge is 0.161 e. The molecule has 1 aromatic heterocycles. The summed E-state index contributed by atoms with van der Waals surface area (Å²) in [5, 5.41) is 1.00. The molecule has 4 nitrogen and oxygen atoms in total. The molecule has 2 aliphatic heterocycles. The number of rotatable bonds is 4. The van der Waals surface area contributed by atoms with Crippen molar-refractivity contribution in [1.29, 1.82) is 0 Å². The number of hydrogen-bond donors (Lipinski definition) is 1. The van der Waals surface area contributed by atoms with Crippen LogP contribution in [-0.4, -0.2) is 23.5 Å². The number of ether oxygens (including phenoxy) is 2. The fourth-order valence-corrected chi connectivity index (χ4v) is 6.30. The van der Waals surface area contributed by atoms with Crippen LogP contribution in [0, 0.1) is 207 Å². The zero-order valence-corrected chi connectivity index (χ0v) is 37.0. The van der Waals surface area contributed by atoms with Gasteiger partial charge in [-0.05, 0) is 174 Å². The number of aromatic nitrogens is 1. The first-order chi connectivity index (χ1) is 33.6. The highest BCUT2D eigenvalue weighted by molar-refractivity contribution is 5.85. The summed E-state index contributed by atoms with van der Waals surface area (Å²) >= 11 is 0. The highest BCUT2D eigenvalue weighted by Crippen LogP contribution is 2.44. The standard InChI is InChI=1S/C36H6.C27H25FN2O2/c1-3-5-7-9-11-13-15-17-19-21-23-25-27-29-31-33-35-36-34-32-30-28-26-24-22-20-18-16-14-12-10-8-6-4-2;1-31-26-14-20-18(11-27(26)32-16-17-5-3-2-4-6-17)9-10-30-15-24-22(13-25(20)30)21-12-19(28)7-8-23(21)29-24/h1-2H3;2-8,11-12,14,25,29H,9-10,13,15-16H2,1H3. The van der Waals surface area contributed by atoms with E-state index in [1.807, 2.05) is 24.3 Å². The monoisotopic (exact) mass is 866 g/mol. The summed E-state index contributed by atoms with van der Waals surface area (Å²) < 4.78 is 25.8. The maximum atomic E-state index is 13.9. The summed E-state index contributed by atoms with van der Waals surface area (Å²) in [6.07, 6.45) is 1.83. The lowest BCUT2D eigenvalue weighted by molar-refractivity contribution is 0.158. The van der Waals surface area contributed by atoms with Crippen molar-refractivity contribution in [1.82, 2.24) is 9.88 Å². The Labute approximate surface area is 399 Å². The second-order valence-corrected chi connectivity index (χ2v) is 13.2. The Kier molecular flexibility index (Phi) is 20.4. The molecule has 0 amide bonds. The van der Waals surface area contributed by atoms with Gasteiger partial charge in [0.1, 0.15) is 12.4 Å². The zero-order chi connectivity index (χ0) is 47.7.